The first-order valence-electron chi connectivity index (χ1n) is 7.71. The fraction of sp³-hybridized carbons (Fsp3) is 0.316. The Balaban J connectivity index is 2.30. The van der Waals surface area contributed by atoms with E-state index in [1.807, 2.05) is 24.3 Å². The summed E-state index contributed by atoms with van der Waals surface area (Å²) >= 11 is 0. The normalized spacial score (nSPS) is 10.5. The molecule has 2 aromatic rings. The van der Waals surface area contributed by atoms with Crippen LogP contribution in [0.4, 0.5) is 5.69 Å². The third kappa shape index (κ3) is 4.10. The van der Waals surface area contributed by atoms with E-state index in [0.717, 1.165) is 18.7 Å². The number of aliphatic carboxylic acids is 1. The van der Waals surface area contributed by atoms with E-state index in [4.69, 9.17) is 5.11 Å². The number of nitrogens with zero attached hydrogens (tertiary/aromatic N) is 1. The Morgan fingerprint density at radius 3 is 2.32 bits per heavy atom. The zero-order valence-electron chi connectivity index (χ0n) is 13.2. The molecule has 2 rings (SSSR count). The SMILES string of the molecule is CCc1ccccc1N(CCC(=O)O)Cc1ccccc1C. The van der Waals surface area contributed by atoms with Crippen LogP contribution in [0.3, 0.4) is 0 Å². The Morgan fingerprint density at radius 1 is 1.05 bits per heavy atom. The van der Waals surface area contributed by atoms with Gasteiger partial charge in [-0.1, -0.05) is 49.4 Å². The summed E-state index contributed by atoms with van der Waals surface area (Å²) in [5.74, 6) is -0.760. The Morgan fingerprint density at radius 2 is 1.68 bits per heavy atom. The lowest BCUT2D eigenvalue weighted by Gasteiger charge is -2.27. The zero-order chi connectivity index (χ0) is 15.9. The van der Waals surface area contributed by atoms with Crippen LogP contribution in [0.1, 0.15) is 30.0 Å². The van der Waals surface area contributed by atoms with Crippen molar-refractivity contribution < 1.29 is 9.90 Å². The van der Waals surface area contributed by atoms with E-state index < -0.39 is 5.97 Å². The molecule has 0 bridgehead atoms. The van der Waals surface area contributed by atoms with Crippen molar-refractivity contribution in [1.82, 2.24) is 0 Å². The van der Waals surface area contributed by atoms with Crippen molar-refractivity contribution in [3.63, 3.8) is 0 Å². The minimum atomic E-state index is -0.760. The number of carbonyl (C=O) groups is 1. The summed E-state index contributed by atoms with van der Waals surface area (Å²) in [6.07, 6.45) is 1.08. The molecular formula is C19H23NO2. The van der Waals surface area contributed by atoms with E-state index in [0.29, 0.717) is 6.54 Å². The maximum atomic E-state index is 11.0. The lowest BCUT2D eigenvalue weighted by atomic mass is 10.1. The number of benzene rings is 2. The first kappa shape index (κ1) is 16.1. The second-order valence-electron chi connectivity index (χ2n) is 5.47. The average molecular weight is 297 g/mol. The number of carboxylic acid groups (broad SMARTS) is 1. The van der Waals surface area contributed by atoms with Crippen LogP contribution >= 0.6 is 0 Å². The van der Waals surface area contributed by atoms with Gasteiger partial charge in [-0.05, 0) is 36.1 Å². The molecule has 0 aliphatic carbocycles. The summed E-state index contributed by atoms with van der Waals surface area (Å²) in [6.45, 7) is 5.47. The van der Waals surface area contributed by atoms with Crippen molar-refractivity contribution >= 4 is 11.7 Å². The minimum Gasteiger partial charge on any atom is -0.481 e. The molecule has 2 aromatic carbocycles. The van der Waals surface area contributed by atoms with Gasteiger partial charge in [0.2, 0.25) is 0 Å². The van der Waals surface area contributed by atoms with Gasteiger partial charge in [0.15, 0.2) is 0 Å². The molecule has 0 spiro atoms. The zero-order valence-corrected chi connectivity index (χ0v) is 13.2. The molecule has 3 nitrogen and oxygen atoms in total. The van der Waals surface area contributed by atoms with E-state index in [1.54, 1.807) is 0 Å². The third-order valence-corrected chi connectivity index (χ3v) is 3.93. The molecular weight excluding hydrogens is 274 g/mol. The Bertz CT molecular complexity index is 637. The fourth-order valence-corrected chi connectivity index (χ4v) is 2.63. The first-order chi connectivity index (χ1) is 10.6. The Labute approximate surface area is 132 Å². The van der Waals surface area contributed by atoms with Crippen molar-refractivity contribution in [2.75, 3.05) is 11.4 Å². The van der Waals surface area contributed by atoms with Gasteiger partial charge in [0.1, 0.15) is 0 Å². The van der Waals surface area contributed by atoms with Crippen molar-refractivity contribution in [3.8, 4) is 0 Å². The van der Waals surface area contributed by atoms with Gasteiger partial charge in [0, 0.05) is 18.8 Å². The minimum absolute atomic E-state index is 0.143. The van der Waals surface area contributed by atoms with E-state index in [9.17, 15) is 4.79 Å². The van der Waals surface area contributed by atoms with Crippen molar-refractivity contribution in [2.24, 2.45) is 0 Å². The second kappa shape index (κ2) is 7.64. The molecule has 0 aliphatic heterocycles. The summed E-state index contributed by atoms with van der Waals surface area (Å²) in [7, 11) is 0. The Kier molecular flexibility index (Phi) is 5.59. The molecule has 22 heavy (non-hydrogen) atoms. The average Bonchev–Trinajstić information content (AvgIpc) is 2.53. The van der Waals surface area contributed by atoms with E-state index in [2.05, 4.69) is 43.0 Å². The van der Waals surface area contributed by atoms with Crippen molar-refractivity contribution in [2.45, 2.75) is 33.2 Å². The predicted molar refractivity (Wildman–Crippen MR) is 90.3 cm³/mol. The highest BCUT2D eigenvalue weighted by atomic mass is 16.4. The molecule has 0 atom stereocenters. The predicted octanol–water partition coefficient (Wildman–Crippen LogP) is 4.04. The second-order valence-corrected chi connectivity index (χ2v) is 5.47. The summed E-state index contributed by atoms with van der Waals surface area (Å²) in [5.41, 5.74) is 4.85. The first-order valence-corrected chi connectivity index (χ1v) is 7.71. The molecule has 0 saturated heterocycles. The molecule has 0 unspecified atom stereocenters. The third-order valence-electron chi connectivity index (χ3n) is 3.93. The van der Waals surface area contributed by atoms with Crippen LogP contribution in [0.15, 0.2) is 48.5 Å². The molecule has 0 aromatic heterocycles. The van der Waals surface area contributed by atoms with Crippen LogP contribution in [0, 0.1) is 6.92 Å². The molecule has 3 heteroatoms. The quantitative estimate of drug-likeness (QED) is 0.838. The number of para-hydroxylation sites is 1. The summed E-state index contributed by atoms with van der Waals surface area (Å²) < 4.78 is 0. The van der Waals surface area contributed by atoms with Gasteiger partial charge >= 0.3 is 5.97 Å². The van der Waals surface area contributed by atoms with Crippen molar-refractivity contribution in [1.29, 1.82) is 0 Å². The highest BCUT2D eigenvalue weighted by Gasteiger charge is 2.13. The van der Waals surface area contributed by atoms with E-state index in [-0.39, 0.29) is 6.42 Å². The largest absolute Gasteiger partial charge is 0.481 e. The number of hydrogen-bond donors (Lipinski definition) is 1. The van der Waals surface area contributed by atoms with Gasteiger partial charge in [0.05, 0.1) is 6.42 Å². The number of rotatable bonds is 7. The molecule has 0 amide bonds. The molecule has 0 aliphatic rings. The summed E-state index contributed by atoms with van der Waals surface area (Å²) in [4.78, 5) is 13.2. The molecule has 0 fully saturated rings. The van der Waals surface area contributed by atoms with Gasteiger partial charge in [-0.15, -0.1) is 0 Å². The number of hydrogen-bond acceptors (Lipinski definition) is 2. The fourth-order valence-electron chi connectivity index (χ4n) is 2.63. The van der Waals surface area contributed by atoms with Crippen LogP contribution in [-0.4, -0.2) is 17.6 Å². The topological polar surface area (TPSA) is 40.5 Å². The van der Waals surface area contributed by atoms with Gasteiger partial charge < -0.3 is 10.0 Å². The molecule has 0 saturated carbocycles. The standard InChI is InChI=1S/C19H23NO2/c1-3-16-9-6-7-11-18(16)20(13-12-19(21)22)14-17-10-5-4-8-15(17)2/h4-11H,3,12-14H2,1-2H3,(H,21,22). The summed E-state index contributed by atoms with van der Waals surface area (Å²) in [6, 6.07) is 16.5. The smallest absolute Gasteiger partial charge is 0.305 e. The Hall–Kier alpha value is -2.29. The van der Waals surface area contributed by atoms with Crippen LogP contribution in [-0.2, 0) is 17.8 Å². The lowest BCUT2D eigenvalue weighted by molar-refractivity contribution is -0.136. The summed E-state index contributed by atoms with van der Waals surface area (Å²) in [5, 5.41) is 9.03. The van der Waals surface area contributed by atoms with E-state index >= 15 is 0 Å². The van der Waals surface area contributed by atoms with Crippen LogP contribution in [0.25, 0.3) is 0 Å². The van der Waals surface area contributed by atoms with Crippen molar-refractivity contribution in [3.05, 3.63) is 65.2 Å². The monoisotopic (exact) mass is 297 g/mol. The van der Waals surface area contributed by atoms with Crippen LogP contribution in [0.2, 0.25) is 0 Å². The highest BCUT2D eigenvalue weighted by molar-refractivity contribution is 5.68. The van der Waals surface area contributed by atoms with Crippen LogP contribution in [0.5, 0.6) is 0 Å². The lowest BCUT2D eigenvalue weighted by Crippen LogP contribution is -2.27. The van der Waals surface area contributed by atoms with Gasteiger partial charge in [-0.2, -0.15) is 0 Å². The maximum Gasteiger partial charge on any atom is 0.305 e. The highest BCUT2D eigenvalue weighted by Crippen LogP contribution is 2.24. The molecule has 0 heterocycles. The van der Waals surface area contributed by atoms with Crippen LogP contribution < -0.4 is 4.90 Å². The molecule has 116 valence electrons. The van der Waals surface area contributed by atoms with Gasteiger partial charge in [0.25, 0.3) is 0 Å². The number of anilines is 1. The number of carboxylic acids is 1. The van der Waals surface area contributed by atoms with E-state index in [1.165, 1.54) is 16.7 Å². The molecule has 0 radical (unpaired) electrons. The number of aryl methyl sites for hydroxylation is 2. The van der Waals surface area contributed by atoms with Gasteiger partial charge in [-0.3, -0.25) is 4.79 Å². The maximum absolute atomic E-state index is 11.0. The molecule has 1 N–H and O–H groups in total. The van der Waals surface area contributed by atoms with Gasteiger partial charge in [-0.25, -0.2) is 0 Å².